The molecule has 2 N–H and O–H groups in total. The largest absolute Gasteiger partial charge is 0.407 e. The van der Waals surface area contributed by atoms with Crippen LogP contribution in [0.4, 0.5) is 6.01 Å². The molecule has 104 valence electrons. The monoisotopic (exact) mass is 254 g/mol. The van der Waals surface area contributed by atoms with E-state index >= 15 is 0 Å². The van der Waals surface area contributed by atoms with Crippen LogP contribution in [0, 0.1) is 0 Å². The Bertz CT molecular complexity index is 343. The first-order valence-electron chi connectivity index (χ1n) is 6.74. The van der Waals surface area contributed by atoms with Crippen molar-refractivity contribution in [3.8, 4) is 0 Å². The van der Waals surface area contributed by atoms with Crippen LogP contribution in [0.15, 0.2) is 4.42 Å². The average molecular weight is 254 g/mol. The van der Waals surface area contributed by atoms with Crippen LogP contribution in [-0.4, -0.2) is 21.8 Å². The van der Waals surface area contributed by atoms with Crippen LogP contribution >= 0.6 is 0 Å². The summed E-state index contributed by atoms with van der Waals surface area (Å²) in [4.78, 5) is 0. The van der Waals surface area contributed by atoms with Crippen LogP contribution in [0.2, 0.25) is 0 Å². The molecule has 5 heteroatoms. The van der Waals surface area contributed by atoms with Gasteiger partial charge >= 0.3 is 6.01 Å². The first-order chi connectivity index (χ1) is 8.40. The zero-order chi connectivity index (χ0) is 13.6. The van der Waals surface area contributed by atoms with Gasteiger partial charge in [-0.2, -0.15) is 0 Å². The summed E-state index contributed by atoms with van der Waals surface area (Å²) in [6.07, 6.45) is 3.53. The van der Waals surface area contributed by atoms with E-state index in [4.69, 9.17) is 4.42 Å². The van der Waals surface area contributed by atoms with Gasteiger partial charge in [0.25, 0.3) is 0 Å². The lowest BCUT2D eigenvalue weighted by atomic mass is 10.1. The molecule has 0 bridgehead atoms. The van der Waals surface area contributed by atoms with Gasteiger partial charge in [0.1, 0.15) is 0 Å². The van der Waals surface area contributed by atoms with Gasteiger partial charge in [-0.15, -0.1) is 5.10 Å². The number of rotatable bonds is 7. The van der Waals surface area contributed by atoms with Crippen molar-refractivity contribution in [2.45, 2.75) is 72.0 Å². The first kappa shape index (κ1) is 15.0. The third-order valence-corrected chi connectivity index (χ3v) is 2.60. The Morgan fingerprint density at radius 3 is 2.61 bits per heavy atom. The van der Waals surface area contributed by atoms with Crippen LogP contribution in [0.1, 0.15) is 59.8 Å². The van der Waals surface area contributed by atoms with Crippen molar-refractivity contribution in [3.05, 3.63) is 5.89 Å². The molecular weight excluding hydrogens is 228 g/mol. The molecule has 1 aromatic rings. The fraction of sp³-hybridized carbons (Fsp3) is 0.846. The number of anilines is 1. The van der Waals surface area contributed by atoms with Crippen molar-refractivity contribution in [2.24, 2.45) is 0 Å². The summed E-state index contributed by atoms with van der Waals surface area (Å²) in [7, 11) is 0. The first-order valence-corrected chi connectivity index (χ1v) is 6.74. The van der Waals surface area contributed by atoms with Crippen molar-refractivity contribution < 1.29 is 4.42 Å². The van der Waals surface area contributed by atoms with E-state index in [1.54, 1.807) is 0 Å². The predicted molar refractivity (Wildman–Crippen MR) is 73.5 cm³/mol. The molecule has 0 aliphatic heterocycles. The summed E-state index contributed by atoms with van der Waals surface area (Å²) in [5, 5.41) is 14.5. The van der Waals surface area contributed by atoms with E-state index < -0.39 is 0 Å². The summed E-state index contributed by atoms with van der Waals surface area (Å²) < 4.78 is 5.53. The van der Waals surface area contributed by atoms with Gasteiger partial charge in [-0.25, -0.2) is 0 Å². The minimum Gasteiger partial charge on any atom is -0.407 e. The zero-order valence-corrected chi connectivity index (χ0v) is 12.2. The molecule has 1 aromatic heterocycles. The highest BCUT2D eigenvalue weighted by Gasteiger charge is 2.13. The molecule has 1 atom stereocenters. The molecule has 1 heterocycles. The highest BCUT2D eigenvalue weighted by atomic mass is 16.4. The predicted octanol–water partition coefficient (Wildman–Crippen LogP) is 2.95. The molecule has 1 rings (SSSR count). The highest BCUT2D eigenvalue weighted by Crippen LogP contribution is 2.11. The van der Waals surface area contributed by atoms with Crippen molar-refractivity contribution in [3.63, 3.8) is 0 Å². The number of unbranched alkanes of at least 4 members (excludes halogenated alkanes) is 1. The topological polar surface area (TPSA) is 63.0 Å². The van der Waals surface area contributed by atoms with Crippen molar-refractivity contribution >= 4 is 6.01 Å². The summed E-state index contributed by atoms with van der Waals surface area (Å²) in [5.41, 5.74) is 0.0521. The van der Waals surface area contributed by atoms with Crippen molar-refractivity contribution in [2.75, 3.05) is 5.32 Å². The average Bonchev–Trinajstić information content (AvgIpc) is 2.70. The van der Waals surface area contributed by atoms with Crippen LogP contribution in [0.5, 0.6) is 0 Å². The van der Waals surface area contributed by atoms with Gasteiger partial charge in [-0.1, -0.05) is 24.9 Å². The third kappa shape index (κ3) is 6.00. The Morgan fingerprint density at radius 2 is 2.00 bits per heavy atom. The SMILES string of the molecule is CCCCC(C)Nc1nnc(CNC(C)(C)C)o1. The second-order valence-electron chi connectivity index (χ2n) is 5.79. The minimum atomic E-state index is 0.0521. The van der Waals surface area contributed by atoms with E-state index in [1.807, 2.05) is 0 Å². The van der Waals surface area contributed by atoms with Gasteiger partial charge in [0.15, 0.2) is 0 Å². The van der Waals surface area contributed by atoms with Gasteiger partial charge in [0, 0.05) is 11.6 Å². The molecule has 0 aliphatic rings. The van der Waals surface area contributed by atoms with Crippen LogP contribution in [-0.2, 0) is 6.54 Å². The number of aromatic nitrogens is 2. The van der Waals surface area contributed by atoms with Crippen molar-refractivity contribution in [1.82, 2.24) is 15.5 Å². The molecule has 0 spiro atoms. The van der Waals surface area contributed by atoms with Crippen LogP contribution < -0.4 is 10.6 Å². The van der Waals surface area contributed by atoms with Crippen LogP contribution in [0.3, 0.4) is 0 Å². The zero-order valence-electron chi connectivity index (χ0n) is 12.2. The van der Waals surface area contributed by atoms with E-state index in [0.717, 1.165) is 6.42 Å². The standard InChI is InChI=1S/C13H26N4O/c1-6-7-8-10(2)15-12-17-16-11(18-12)9-14-13(3,4)5/h10,14H,6-9H2,1-5H3,(H,15,17). The van der Waals surface area contributed by atoms with Crippen molar-refractivity contribution in [1.29, 1.82) is 0 Å². The minimum absolute atomic E-state index is 0.0521. The molecule has 0 aromatic carbocycles. The van der Waals surface area contributed by atoms with E-state index in [2.05, 4.69) is 55.4 Å². The third-order valence-electron chi connectivity index (χ3n) is 2.60. The fourth-order valence-electron chi connectivity index (χ4n) is 1.52. The summed E-state index contributed by atoms with van der Waals surface area (Å²) in [5.74, 6) is 0.620. The molecule has 0 amide bonds. The van der Waals surface area contributed by atoms with Crippen LogP contribution in [0.25, 0.3) is 0 Å². The maximum absolute atomic E-state index is 5.53. The van der Waals surface area contributed by atoms with E-state index in [0.29, 0.717) is 24.5 Å². The van der Waals surface area contributed by atoms with Gasteiger partial charge < -0.3 is 15.1 Å². The maximum atomic E-state index is 5.53. The Morgan fingerprint density at radius 1 is 1.28 bits per heavy atom. The quantitative estimate of drug-likeness (QED) is 0.783. The Kier molecular flexibility index (Phi) is 5.59. The molecule has 18 heavy (non-hydrogen) atoms. The summed E-state index contributed by atoms with van der Waals surface area (Å²) in [6, 6.07) is 0.887. The Balaban J connectivity index is 2.38. The normalized spacial score (nSPS) is 13.6. The van der Waals surface area contributed by atoms with E-state index in [1.165, 1.54) is 12.8 Å². The second-order valence-corrected chi connectivity index (χ2v) is 5.79. The molecule has 0 radical (unpaired) electrons. The van der Waals surface area contributed by atoms with Gasteiger partial charge in [0.2, 0.25) is 5.89 Å². The molecule has 0 saturated heterocycles. The molecule has 0 fully saturated rings. The second kappa shape index (κ2) is 6.73. The summed E-state index contributed by atoms with van der Waals surface area (Å²) in [6.45, 7) is 11.2. The van der Waals surface area contributed by atoms with Gasteiger partial charge in [-0.3, -0.25) is 0 Å². The number of nitrogens with zero attached hydrogens (tertiary/aromatic N) is 2. The molecule has 1 unspecified atom stereocenters. The smallest absolute Gasteiger partial charge is 0.315 e. The number of hydrogen-bond donors (Lipinski definition) is 2. The van der Waals surface area contributed by atoms with Gasteiger partial charge in [0.05, 0.1) is 6.54 Å². The van der Waals surface area contributed by atoms with E-state index in [-0.39, 0.29) is 5.54 Å². The maximum Gasteiger partial charge on any atom is 0.315 e. The van der Waals surface area contributed by atoms with Gasteiger partial charge in [-0.05, 0) is 34.1 Å². The Hall–Kier alpha value is -1.10. The molecule has 0 aliphatic carbocycles. The number of nitrogens with one attached hydrogen (secondary N) is 2. The fourth-order valence-corrected chi connectivity index (χ4v) is 1.52. The summed E-state index contributed by atoms with van der Waals surface area (Å²) >= 11 is 0. The molecular formula is C13H26N4O. The Labute approximate surface area is 110 Å². The lowest BCUT2D eigenvalue weighted by molar-refractivity contribution is 0.383. The number of hydrogen-bond acceptors (Lipinski definition) is 5. The highest BCUT2D eigenvalue weighted by molar-refractivity contribution is 5.18. The lowest BCUT2D eigenvalue weighted by Gasteiger charge is -2.18. The molecule has 0 saturated carbocycles. The lowest BCUT2D eigenvalue weighted by Crippen LogP contribution is -2.35. The van der Waals surface area contributed by atoms with E-state index in [9.17, 15) is 0 Å². The molecule has 5 nitrogen and oxygen atoms in total.